The summed E-state index contributed by atoms with van der Waals surface area (Å²) in [5.74, 6) is -1.13. The summed E-state index contributed by atoms with van der Waals surface area (Å²) in [5.41, 5.74) is -0.568. The molecule has 0 heterocycles. The molecule has 8 heteroatoms. The van der Waals surface area contributed by atoms with Gasteiger partial charge in [-0.05, 0) is 33.6 Å². The van der Waals surface area contributed by atoms with Crippen molar-refractivity contribution >= 4 is 18.5 Å². The van der Waals surface area contributed by atoms with E-state index in [0.29, 0.717) is 6.42 Å². The zero-order valence-corrected chi connectivity index (χ0v) is 15.5. The zero-order chi connectivity index (χ0) is 16.2. The van der Waals surface area contributed by atoms with Gasteiger partial charge in [0.15, 0.2) is 0 Å². The molecule has 0 spiro atoms. The third-order valence-corrected chi connectivity index (χ3v) is 1.87. The molecule has 0 aromatic rings. The molecule has 2 amide bonds. The SMILES string of the molecule is CC.CC(C)(C)OC(=O)NCCCC(N[C-]=O)C(=O)O.[Fm]. The minimum Gasteiger partial charge on any atom is -0.520 e. The van der Waals surface area contributed by atoms with Gasteiger partial charge in [-0.25, -0.2) is 4.79 Å². The normalized spacial score (nSPS) is 10.9. The topological polar surface area (TPSA) is 105 Å². The number of hydrogen-bond acceptors (Lipinski definition) is 4. The molecule has 3 N–H and O–H groups in total. The number of carbonyl (C=O) groups is 2. The van der Waals surface area contributed by atoms with Crippen LogP contribution in [0.3, 0.4) is 0 Å². The smallest absolute Gasteiger partial charge is 0.407 e. The minimum absolute atomic E-state index is 0. The Morgan fingerprint density at radius 3 is 2.19 bits per heavy atom. The summed E-state index contributed by atoms with van der Waals surface area (Å²) >= 11 is 0. The molecule has 0 fully saturated rings. The molecule has 0 aromatic heterocycles. The summed E-state index contributed by atoms with van der Waals surface area (Å²) in [6, 6.07) is -0.983. The van der Waals surface area contributed by atoms with Gasteiger partial charge >= 0.3 is 12.1 Å². The number of rotatable bonds is 7. The Balaban J connectivity index is -0.00000103. The summed E-state index contributed by atoms with van der Waals surface area (Å²) in [6.07, 6.45) is 1.40. The fourth-order valence-electron chi connectivity index (χ4n) is 1.14. The van der Waals surface area contributed by atoms with Crippen LogP contribution in [0.1, 0.15) is 47.5 Å². The van der Waals surface area contributed by atoms with Crippen molar-refractivity contribution in [2.45, 2.75) is 59.1 Å². The molecule has 1 unspecified atom stereocenters. The number of nitrogens with one attached hydrogen (secondary N) is 2. The molecule has 0 aliphatic carbocycles. The van der Waals surface area contributed by atoms with Crippen molar-refractivity contribution in [3.05, 3.63) is 0 Å². The summed E-state index contributed by atoms with van der Waals surface area (Å²) in [7, 11) is 0. The largest absolute Gasteiger partial charge is 0.520 e. The molecule has 1 atom stereocenters. The van der Waals surface area contributed by atoms with Gasteiger partial charge in [-0.3, -0.25) is 4.79 Å². The standard InChI is InChI=1S/C11H19N2O5.C2H6.Fm/c1-11(2,3)18-10(17)12-6-4-5-8(9(15)16)13-7-14;1-2;/h8H,4-6H2,1-3H3,(H,12,17)(H,13,14)(H,15,16);1-2H3;/q-1;;. The quantitative estimate of drug-likeness (QED) is 0.255. The van der Waals surface area contributed by atoms with Crippen LogP contribution in [0, 0.1) is 0 Å². The van der Waals surface area contributed by atoms with Gasteiger partial charge in [-0.1, -0.05) is 13.8 Å². The van der Waals surface area contributed by atoms with Gasteiger partial charge in [0, 0.05) is 6.54 Å². The summed E-state index contributed by atoms with van der Waals surface area (Å²) in [5, 5.41) is 13.3. The second kappa shape index (κ2) is 12.3. The third kappa shape index (κ3) is 15.2. The molecule has 0 bridgehead atoms. The van der Waals surface area contributed by atoms with Crippen molar-refractivity contribution in [1.82, 2.24) is 10.6 Å². The zero-order valence-electron chi connectivity index (χ0n) is 13.1. The van der Waals surface area contributed by atoms with E-state index >= 15 is 0 Å². The Hall–Kier alpha value is -2.79. The third-order valence-electron chi connectivity index (χ3n) is 1.87. The van der Waals surface area contributed by atoms with Crippen LogP contribution >= 0.6 is 0 Å². The number of carbonyl (C=O) groups excluding carboxylic acids is 2. The molecule has 0 aliphatic rings. The van der Waals surface area contributed by atoms with Crippen LogP contribution in [0.25, 0.3) is 0 Å². The van der Waals surface area contributed by atoms with Crippen LogP contribution in [0.5, 0.6) is 0 Å². The molecule has 0 aromatic carbocycles. The van der Waals surface area contributed by atoms with E-state index < -0.39 is 23.7 Å². The second-order valence-electron chi connectivity index (χ2n) is 4.71. The Morgan fingerprint density at radius 1 is 1.29 bits per heavy atom. The van der Waals surface area contributed by atoms with Crippen LogP contribution in [0.15, 0.2) is 0 Å². The first-order chi connectivity index (χ1) is 9.26. The minimum atomic E-state index is -1.13. The molecule has 7 nitrogen and oxygen atoms in total. The molecule has 0 saturated carbocycles. The second-order valence-corrected chi connectivity index (χ2v) is 4.71. The summed E-state index contributed by atoms with van der Waals surface area (Å²) < 4.78 is 5.00. The molecule has 0 radical (unpaired) electrons. The average Bonchev–Trinajstić information content (AvgIpc) is 2.33. The van der Waals surface area contributed by atoms with E-state index in [0.717, 1.165) is 0 Å². The van der Waals surface area contributed by atoms with Gasteiger partial charge in [0.1, 0.15) is 5.60 Å². The van der Waals surface area contributed by atoms with Crippen molar-refractivity contribution in [3.63, 3.8) is 0 Å². The number of amides is 2. The molecular formula is C13H25FmN2O5-. The molecule has 0 saturated heterocycles. The number of ether oxygens (including phenoxy) is 1. The Morgan fingerprint density at radius 2 is 1.81 bits per heavy atom. The summed E-state index contributed by atoms with van der Waals surface area (Å²) in [6.45, 7) is 9.52. The van der Waals surface area contributed by atoms with E-state index in [2.05, 4.69) is 10.6 Å². The molecule has 0 rings (SSSR count). The number of aliphatic carboxylic acids is 1. The monoisotopic (exact) mass is 546 g/mol. The van der Waals surface area contributed by atoms with E-state index in [4.69, 9.17) is 9.84 Å². The first-order valence-corrected chi connectivity index (χ1v) is 6.58. The number of alkyl carbamates (subject to hydrolysis) is 1. The fourth-order valence-corrected chi connectivity index (χ4v) is 1.14. The Kier molecular flexibility index (Phi) is 13.6. The molecule has 0 aliphatic heterocycles. The van der Waals surface area contributed by atoms with Gasteiger partial charge in [-0.2, -0.15) is 6.41 Å². The predicted octanol–water partition coefficient (Wildman–Crippen LogP) is 1.43. The van der Waals surface area contributed by atoms with Crippen LogP contribution < -0.4 is 10.6 Å². The maximum atomic E-state index is 11.2. The van der Waals surface area contributed by atoms with E-state index in [1.54, 1.807) is 20.8 Å². The first-order valence-electron chi connectivity index (χ1n) is 6.58. The molecule has 130 valence electrons. The van der Waals surface area contributed by atoms with Gasteiger partial charge < -0.3 is 25.3 Å². The Bertz CT molecular complexity index is 305. The van der Waals surface area contributed by atoms with Crippen molar-refractivity contribution in [2.75, 3.05) is 6.54 Å². The van der Waals surface area contributed by atoms with Gasteiger partial charge in [0.25, 0.3) is 0 Å². The van der Waals surface area contributed by atoms with Gasteiger partial charge in [0.2, 0.25) is 0 Å². The molecule has 21 heavy (non-hydrogen) atoms. The van der Waals surface area contributed by atoms with E-state index in [1.807, 2.05) is 13.8 Å². The van der Waals surface area contributed by atoms with Crippen LogP contribution in [0.4, 0.5) is 4.79 Å². The Labute approximate surface area is 120 Å². The number of carboxylic acids is 1. The van der Waals surface area contributed by atoms with E-state index in [9.17, 15) is 14.4 Å². The van der Waals surface area contributed by atoms with Crippen LogP contribution in [-0.4, -0.2) is 41.8 Å². The van der Waals surface area contributed by atoms with E-state index in [1.165, 1.54) is 6.41 Å². The number of hydrogen-bond donors (Lipinski definition) is 3. The average molecular weight is 546 g/mol. The van der Waals surface area contributed by atoms with Gasteiger partial charge in [-0.15, -0.1) is 0 Å². The van der Waals surface area contributed by atoms with Crippen LogP contribution in [-0.2, 0) is 14.3 Å². The van der Waals surface area contributed by atoms with Gasteiger partial charge in [0.05, 0.1) is 6.04 Å². The van der Waals surface area contributed by atoms with Crippen molar-refractivity contribution < 1.29 is 24.2 Å². The van der Waals surface area contributed by atoms with Crippen molar-refractivity contribution in [3.8, 4) is 0 Å². The number of carboxylic acid groups (broad SMARTS) is 1. The van der Waals surface area contributed by atoms with Crippen molar-refractivity contribution in [2.24, 2.45) is 0 Å². The predicted molar refractivity (Wildman–Crippen MR) is 75.1 cm³/mol. The molecular weight excluding hydrogens is 521 g/mol. The maximum Gasteiger partial charge on any atom is 0.407 e. The van der Waals surface area contributed by atoms with Crippen LogP contribution in [0.2, 0.25) is 0 Å². The first kappa shape index (κ1) is 23.3. The maximum absolute atomic E-state index is 11.2. The van der Waals surface area contributed by atoms with Crippen molar-refractivity contribution in [1.29, 1.82) is 0 Å². The fraction of sp³-hybridized carbons (Fsp3) is 0.769. The van der Waals surface area contributed by atoms with E-state index in [-0.39, 0.29) is 13.0 Å². The summed E-state index contributed by atoms with van der Waals surface area (Å²) in [4.78, 5) is 31.9.